The third-order valence-electron chi connectivity index (χ3n) is 5.76. The van der Waals surface area contributed by atoms with Crippen LogP contribution in [0.3, 0.4) is 0 Å². The second-order valence-electron chi connectivity index (χ2n) is 7.53. The fourth-order valence-corrected chi connectivity index (χ4v) is 4.20. The van der Waals surface area contributed by atoms with Crippen molar-refractivity contribution in [3.05, 3.63) is 39.4 Å². The number of nitrogens with zero attached hydrogens (tertiary/aromatic N) is 2. The molecule has 9 nitrogen and oxygen atoms in total. The molecule has 3 rings (SSSR count). The van der Waals surface area contributed by atoms with Gasteiger partial charge in [-0.2, -0.15) is 0 Å². The average molecular weight is 404 g/mol. The lowest BCUT2D eigenvalue weighted by Crippen LogP contribution is -2.46. The van der Waals surface area contributed by atoms with Gasteiger partial charge in [0.1, 0.15) is 0 Å². The molecule has 9 heteroatoms. The summed E-state index contributed by atoms with van der Waals surface area (Å²) >= 11 is 0. The van der Waals surface area contributed by atoms with Gasteiger partial charge in [0, 0.05) is 25.2 Å². The van der Waals surface area contributed by atoms with Crippen molar-refractivity contribution < 1.29 is 28.8 Å². The first kappa shape index (κ1) is 20.8. The van der Waals surface area contributed by atoms with Crippen molar-refractivity contribution in [3.63, 3.8) is 0 Å². The first-order valence-corrected chi connectivity index (χ1v) is 9.71. The van der Waals surface area contributed by atoms with Crippen LogP contribution in [-0.4, -0.2) is 54.5 Å². The summed E-state index contributed by atoms with van der Waals surface area (Å²) < 4.78 is 9.63. The molecule has 0 unspecified atom stereocenters. The molecular weight excluding hydrogens is 380 g/mol. The number of nitro groups is 1. The lowest BCUT2D eigenvalue weighted by Gasteiger charge is -2.41. The Labute approximate surface area is 168 Å². The van der Waals surface area contributed by atoms with Gasteiger partial charge in [0.25, 0.3) is 11.6 Å². The molecule has 0 bridgehead atoms. The molecule has 1 saturated carbocycles. The number of hydrogen-bond acceptors (Lipinski definition) is 7. The highest BCUT2D eigenvalue weighted by atomic mass is 16.6. The number of piperidine rings is 1. The van der Waals surface area contributed by atoms with E-state index >= 15 is 0 Å². The molecule has 0 N–H and O–H groups in total. The Bertz CT molecular complexity index is 823. The smallest absolute Gasteiger partial charge is 0.338 e. The van der Waals surface area contributed by atoms with Gasteiger partial charge in [-0.05, 0) is 30.7 Å². The molecule has 0 spiro atoms. The number of fused-ring (bicyclic) bond motifs is 1. The Morgan fingerprint density at radius 3 is 2.38 bits per heavy atom. The number of likely N-dealkylation sites (tertiary alicyclic amines) is 1. The number of nitro benzene ring substituents is 1. The summed E-state index contributed by atoms with van der Waals surface area (Å²) in [6.07, 6.45) is 5.75. The summed E-state index contributed by atoms with van der Waals surface area (Å²) in [4.78, 5) is 48.6. The number of esters is 2. The largest absolute Gasteiger partial charge is 0.465 e. The van der Waals surface area contributed by atoms with Gasteiger partial charge in [-0.25, -0.2) is 9.59 Å². The number of rotatable bonds is 5. The van der Waals surface area contributed by atoms with Crippen molar-refractivity contribution in [3.8, 4) is 0 Å². The van der Waals surface area contributed by atoms with Gasteiger partial charge in [-0.3, -0.25) is 14.9 Å². The van der Waals surface area contributed by atoms with Crippen molar-refractivity contribution in [2.24, 2.45) is 11.8 Å². The van der Waals surface area contributed by atoms with Gasteiger partial charge in [-0.15, -0.1) is 0 Å². The van der Waals surface area contributed by atoms with Crippen LogP contribution in [0.5, 0.6) is 0 Å². The van der Waals surface area contributed by atoms with Crippen LogP contribution >= 0.6 is 0 Å². The van der Waals surface area contributed by atoms with E-state index in [0.717, 1.165) is 38.2 Å². The molecule has 0 radical (unpaired) electrons. The molecule has 1 heterocycles. The standard InChI is InChI=1S/C20H24N2O7/c1-28-19(24)15-8-16(10-17(9-15)22(26)27)20(25)29-12-18(23)21-7-6-13-4-2-3-5-14(13)11-21/h8-10,13-14H,2-7,11-12H2,1H3/t13-,14-/m0/s1. The van der Waals surface area contributed by atoms with E-state index in [4.69, 9.17) is 4.74 Å². The first-order chi connectivity index (χ1) is 13.9. The quantitative estimate of drug-likeness (QED) is 0.421. The summed E-state index contributed by atoms with van der Waals surface area (Å²) in [5.74, 6) is -0.802. The maximum absolute atomic E-state index is 12.5. The van der Waals surface area contributed by atoms with Gasteiger partial charge in [-0.1, -0.05) is 19.3 Å². The van der Waals surface area contributed by atoms with Crippen LogP contribution in [0.15, 0.2) is 18.2 Å². The molecule has 1 aromatic rings. The van der Waals surface area contributed by atoms with E-state index in [1.807, 2.05) is 0 Å². The van der Waals surface area contributed by atoms with Crippen LogP contribution < -0.4 is 0 Å². The highest BCUT2D eigenvalue weighted by Crippen LogP contribution is 2.36. The predicted molar refractivity (Wildman–Crippen MR) is 101 cm³/mol. The number of ether oxygens (including phenoxy) is 2. The second kappa shape index (κ2) is 9.02. The minimum absolute atomic E-state index is 0.139. The molecular formula is C20H24N2O7. The second-order valence-corrected chi connectivity index (χ2v) is 7.53. The average Bonchev–Trinajstić information content (AvgIpc) is 2.75. The molecule has 1 aliphatic heterocycles. The third-order valence-corrected chi connectivity index (χ3v) is 5.76. The van der Waals surface area contributed by atoms with Crippen molar-refractivity contribution in [2.75, 3.05) is 26.8 Å². The number of amides is 1. The van der Waals surface area contributed by atoms with Crippen molar-refractivity contribution in [1.82, 2.24) is 4.90 Å². The number of carbonyl (C=O) groups is 3. The molecule has 2 atom stereocenters. The molecule has 1 saturated heterocycles. The minimum Gasteiger partial charge on any atom is -0.465 e. The van der Waals surface area contributed by atoms with Crippen LogP contribution in [0.1, 0.15) is 52.8 Å². The normalized spacial score (nSPS) is 21.1. The van der Waals surface area contributed by atoms with E-state index in [1.165, 1.54) is 19.3 Å². The predicted octanol–water partition coefficient (Wildman–Crippen LogP) is 2.58. The number of hydrogen-bond donors (Lipinski definition) is 0. The highest BCUT2D eigenvalue weighted by molar-refractivity contribution is 5.97. The SMILES string of the molecule is COC(=O)c1cc(C(=O)OCC(=O)N2CC[C@@H]3CCCC[C@H]3C2)cc([N+](=O)[O-])c1. The first-order valence-electron chi connectivity index (χ1n) is 9.71. The fraction of sp³-hybridized carbons (Fsp3) is 0.550. The van der Waals surface area contributed by atoms with E-state index in [0.29, 0.717) is 24.9 Å². The van der Waals surface area contributed by atoms with E-state index < -0.39 is 29.2 Å². The topological polar surface area (TPSA) is 116 Å². The van der Waals surface area contributed by atoms with Gasteiger partial charge < -0.3 is 14.4 Å². The summed E-state index contributed by atoms with van der Waals surface area (Å²) in [5, 5.41) is 11.1. The molecule has 0 aromatic heterocycles. The zero-order chi connectivity index (χ0) is 21.0. The van der Waals surface area contributed by atoms with Crippen molar-refractivity contribution in [1.29, 1.82) is 0 Å². The van der Waals surface area contributed by atoms with Crippen LogP contribution in [0.25, 0.3) is 0 Å². The van der Waals surface area contributed by atoms with Gasteiger partial charge in [0.15, 0.2) is 6.61 Å². The van der Waals surface area contributed by atoms with Gasteiger partial charge >= 0.3 is 11.9 Å². The van der Waals surface area contributed by atoms with Crippen LogP contribution in [-0.2, 0) is 14.3 Å². The zero-order valence-electron chi connectivity index (χ0n) is 16.3. The Kier molecular flexibility index (Phi) is 6.46. The van der Waals surface area contributed by atoms with E-state index in [1.54, 1.807) is 4.90 Å². The van der Waals surface area contributed by atoms with Crippen LogP contribution in [0, 0.1) is 22.0 Å². The summed E-state index contributed by atoms with van der Waals surface area (Å²) in [7, 11) is 1.13. The Balaban J connectivity index is 1.62. The molecule has 2 aliphatic rings. The highest BCUT2D eigenvalue weighted by Gasteiger charge is 2.33. The maximum atomic E-state index is 12.5. The molecule has 2 fully saturated rings. The Morgan fingerprint density at radius 1 is 1.07 bits per heavy atom. The molecule has 1 aromatic carbocycles. The number of methoxy groups -OCH3 is 1. The van der Waals surface area contributed by atoms with Crippen molar-refractivity contribution >= 4 is 23.5 Å². The maximum Gasteiger partial charge on any atom is 0.338 e. The number of benzene rings is 1. The minimum atomic E-state index is -0.903. The third kappa shape index (κ3) is 4.90. The zero-order valence-corrected chi connectivity index (χ0v) is 16.3. The Morgan fingerprint density at radius 2 is 1.72 bits per heavy atom. The number of carbonyl (C=O) groups excluding carboxylic acids is 3. The van der Waals surface area contributed by atoms with Crippen LogP contribution in [0.4, 0.5) is 5.69 Å². The molecule has 156 valence electrons. The molecule has 29 heavy (non-hydrogen) atoms. The molecule has 1 aliphatic carbocycles. The van der Waals surface area contributed by atoms with Gasteiger partial charge in [0.05, 0.1) is 23.2 Å². The monoisotopic (exact) mass is 404 g/mol. The summed E-state index contributed by atoms with van der Waals surface area (Å²) in [5.41, 5.74) is -0.761. The van der Waals surface area contributed by atoms with Gasteiger partial charge in [0.2, 0.25) is 0 Å². The Hall–Kier alpha value is -2.97. The molecule has 1 amide bonds. The van der Waals surface area contributed by atoms with E-state index in [9.17, 15) is 24.5 Å². The lowest BCUT2D eigenvalue weighted by atomic mass is 9.75. The lowest BCUT2D eigenvalue weighted by molar-refractivity contribution is -0.384. The van der Waals surface area contributed by atoms with E-state index in [-0.39, 0.29) is 17.0 Å². The fourth-order valence-electron chi connectivity index (χ4n) is 4.20. The van der Waals surface area contributed by atoms with Crippen molar-refractivity contribution in [2.45, 2.75) is 32.1 Å². The van der Waals surface area contributed by atoms with Crippen LogP contribution in [0.2, 0.25) is 0 Å². The number of non-ortho nitro benzene ring substituents is 1. The summed E-state index contributed by atoms with van der Waals surface area (Å²) in [6, 6.07) is 3.17. The summed E-state index contributed by atoms with van der Waals surface area (Å²) in [6.45, 7) is 0.900. The van der Waals surface area contributed by atoms with E-state index in [2.05, 4.69) is 4.74 Å².